The molecule has 3 aromatic rings. The summed E-state index contributed by atoms with van der Waals surface area (Å²) < 4.78 is 24.5. The van der Waals surface area contributed by atoms with Crippen molar-refractivity contribution in [2.75, 3.05) is 13.7 Å². The first-order valence-corrected chi connectivity index (χ1v) is 12.5. The number of halogens is 1. The van der Waals surface area contributed by atoms with Gasteiger partial charge in [0.15, 0.2) is 0 Å². The topological polar surface area (TPSA) is 67.9 Å². The molecule has 1 N–H and O–H groups in total. The SMILES string of the molecule is COc1ccc(OCCCC(=O)N(Cc2ccc(F)cc2)C(Cc2ccccc2)C(=O)NC(C)C)cc1. The minimum Gasteiger partial charge on any atom is -0.497 e. The van der Waals surface area contributed by atoms with Gasteiger partial charge in [-0.05, 0) is 67.8 Å². The van der Waals surface area contributed by atoms with Gasteiger partial charge in [-0.25, -0.2) is 4.39 Å². The molecule has 196 valence electrons. The van der Waals surface area contributed by atoms with E-state index >= 15 is 0 Å². The number of amides is 2. The van der Waals surface area contributed by atoms with Crippen LogP contribution in [0.2, 0.25) is 0 Å². The minimum atomic E-state index is -0.718. The Balaban J connectivity index is 1.75. The van der Waals surface area contributed by atoms with Gasteiger partial charge in [-0.15, -0.1) is 0 Å². The third kappa shape index (κ3) is 8.94. The molecule has 0 aliphatic carbocycles. The maximum Gasteiger partial charge on any atom is 0.243 e. The number of benzene rings is 3. The highest BCUT2D eigenvalue weighted by Crippen LogP contribution is 2.19. The molecule has 1 atom stereocenters. The Hall–Kier alpha value is -3.87. The molecule has 0 spiro atoms. The molecule has 0 aliphatic rings. The second-order valence-electron chi connectivity index (χ2n) is 9.14. The van der Waals surface area contributed by atoms with Crippen LogP contribution in [0, 0.1) is 5.82 Å². The number of rotatable bonds is 13. The third-order valence-electron chi connectivity index (χ3n) is 5.83. The van der Waals surface area contributed by atoms with Gasteiger partial charge in [0, 0.05) is 25.4 Å². The number of carbonyl (C=O) groups excluding carboxylic acids is 2. The highest BCUT2D eigenvalue weighted by molar-refractivity contribution is 5.88. The van der Waals surface area contributed by atoms with Crippen molar-refractivity contribution < 1.29 is 23.5 Å². The van der Waals surface area contributed by atoms with Crippen LogP contribution in [-0.4, -0.2) is 42.5 Å². The molecule has 0 saturated heterocycles. The lowest BCUT2D eigenvalue weighted by Crippen LogP contribution is -2.51. The van der Waals surface area contributed by atoms with Crippen LogP contribution in [0.4, 0.5) is 4.39 Å². The molecule has 6 nitrogen and oxygen atoms in total. The quantitative estimate of drug-likeness (QED) is 0.325. The van der Waals surface area contributed by atoms with Crippen molar-refractivity contribution in [2.45, 2.75) is 51.7 Å². The fourth-order valence-electron chi connectivity index (χ4n) is 3.95. The van der Waals surface area contributed by atoms with E-state index in [-0.39, 0.29) is 36.6 Å². The Morgan fingerprint density at radius 3 is 2.16 bits per heavy atom. The number of hydrogen-bond acceptors (Lipinski definition) is 4. The number of carbonyl (C=O) groups is 2. The van der Waals surface area contributed by atoms with E-state index in [0.29, 0.717) is 25.2 Å². The fourth-order valence-corrected chi connectivity index (χ4v) is 3.95. The van der Waals surface area contributed by atoms with Crippen LogP contribution in [0.15, 0.2) is 78.9 Å². The van der Waals surface area contributed by atoms with Crippen molar-refractivity contribution in [2.24, 2.45) is 0 Å². The minimum absolute atomic E-state index is 0.0774. The molecule has 3 aromatic carbocycles. The summed E-state index contributed by atoms with van der Waals surface area (Å²) in [4.78, 5) is 28.4. The summed E-state index contributed by atoms with van der Waals surface area (Å²) in [5.41, 5.74) is 1.70. The second-order valence-corrected chi connectivity index (χ2v) is 9.14. The first-order valence-electron chi connectivity index (χ1n) is 12.5. The van der Waals surface area contributed by atoms with Gasteiger partial charge in [0.05, 0.1) is 13.7 Å². The summed E-state index contributed by atoms with van der Waals surface area (Å²) in [6, 6.07) is 22.1. The molecule has 3 rings (SSSR count). The normalized spacial score (nSPS) is 11.6. The molecule has 0 saturated carbocycles. The first-order chi connectivity index (χ1) is 17.9. The van der Waals surface area contributed by atoms with E-state index in [1.165, 1.54) is 12.1 Å². The lowest BCUT2D eigenvalue weighted by Gasteiger charge is -2.32. The summed E-state index contributed by atoms with van der Waals surface area (Å²) in [7, 11) is 1.60. The zero-order valence-corrected chi connectivity index (χ0v) is 21.7. The van der Waals surface area contributed by atoms with Gasteiger partial charge < -0.3 is 19.7 Å². The maximum absolute atomic E-state index is 13.5. The van der Waals surface area contributed by atoms with E-state index < -0.39 is 6.04 Å². The standard InChI is InChI=1S/C30H35FN2O4/c1-22(2)32-30(35)28(20-23-8-5-4-6-9-23)33(21-24-11-13-25(31)14-12-24)29(34)10-7-19-37-27-17-15-26(36-3)16-18-27/h4-6,8-9,11-18,22,28H,7,10,19-21H2,1-3H3,(H,32,35). The molecular weight excluding hydrogens is 471 g/mol. The molecule has 37 heavy (non-hydrogen) atoms. The predicted molar refractivity (Wildman–Crippen MR) is 142 cm³/mol. The molecule has 0 fully saturated rings. The van der Waals surface area contributed by atoms with Crippen molar-refractivity contribution in [3.63, 3.8) is 0 Å². The molecule has 2 amide bonds. The number of hydrogen-bond donors (Lipinski definition) is 1. The highest BCUT2D eigenvalue weighted by atomic mass is 19.1. The number of ether oxygens (including phenoxy) is 2. The van der Waals surface area contributed by atoms with E-state index in [1.807, 2.05) is 68.4 Å². The van der Waals surface area contributed by atoms with E-state index in [4.69, 9.17) is 9.47 Å². The summed E-state index contributed by atoms with van der Waals surface area (Å²) in [5.74, 6) is 0.694. The zero-order valence-electron chi connectivity index (χ0n) is 21.7. The zero-order chi connectivity index (χ0) is 26.6. The lowest BCUT2D eigenvalue weighted by molar-refractivity contribution is -0.141. The third-order valence-corrected chi connectivity index (χ3v) is 5.83. The van der Waals surface area contributed by atoms with Crippen LogP contribution in [0.3, 0.4) is 0 Å². The average Bonchev–Trinajstić information content (AvgIpc) is 2.90. The van der Waals surface area contributed by atoms with Crippen molar-refractivity contribution in [3.8, 4) is 11.5 Å². The Morgan fingerprint density at radius 2 is 1.54 bits per heavy atom. The molecule has 7 heteroatoms. The van der Waals surface area contributed by atoms with Gasteiger partial charge in [-0.2, -0.15) is 0 Å². The molecule has 0 aromatic heterocycles. The van der Waals surface area contributed by atoms with Crippen LogP contribution in [0.1, 0.15) is 37.8 Å². The Labute approximate surface area is 218 Å². The number of nitrogens with zero attached hydrogens (tertiary/aromatic N) is 1. The van der Waals surface area contributed by atoms with Crippen molar-refractivity contribution in [1.82, 2.24) is 10.2 Å². The van der Waals surface area contributed by atoms with Gasteiger partial charge in [-0.1, -0.05) is 42.5 Å². The van der Waals surface area contributed by atoms with Crippen LogP contribution in [-0.2, 0) is 22.6 Å². The summed E-state index contributed by atoms with van der Waals surface area (Å²) >= 11 is 0. The second kappa shape index (κ2) is 14.0. The van der Waals surface area contributed by atoms with Gasteiger partial charge in [0.1, 0.15) is 23.4 Å². The van der Waals surface area contributed by atoms with Crippen LogP contribution in [0.5, 0.6) is 11.5 Å². The molecule has 0 radical (unpaired) electrons. The summed E-state index contributed by atoms with van der Waals surface area (Å²) in [6.45, 7) is 4.33. The smallest absolute Gasteiger partial charge is 0.243 e. The monoisotopic (exact) mass is 506 g/mol. The molecule has 0 heterocycles. The van der Waals surface area contributed by atoms with Gasteiger partial charge in [-0.3, -0.25) is 9.59 Å². The molecule has 0 aliphatic heterocycles. The van der Waals surface area contributed by atoms with Crippen LogP contribution < -0.4 is 14.8 Å². The summed E-state index contributed by atoms with van der Waals surface area (Å²) in [5, 5.41) is 2.96. The Morgan fingerprint density at radius 1 is 0.892 bits per heavy atom. The Bertz CT molecular complexity index is 1120. The van der Waals surface area contributed by atoms with Gasteiger partial charge in [0.2, 0.25) is 11.8 Å². The van der Waals surface area contributed by atoms with Crippen molar-refractivity contribution in [3.05, 3.63) is 95.8 Å². The van der Waals surface area contributed by atoms with Crippen molar-refractivity contribution in [1.29, 1.82) is 0 Å². The molecule has 1 unspecified atom stereocenters. The first kappa shape index (κ1) is 27.7. The van der Waals surface area contributed by atoms with Gasteiger partial charge in [0.25, 0.3) is 0 Å². The van der Waals surface area contributed by atoms with E-state index in [2.05, 4.69) is 5.32 Å². The molecular formula is C30H35FN2O4. The fraction of sp³-hybridized carbons (Fsp3) is 0.333. The summed E-state index contributed by atoms with van der Waals surface area (Å²) in [6.07, 6.45) is 1.06. The van der Waals surface area contributed by atoms with Gasteiger partial charge >= 0.3 is 0 Å². The van der Waals surface area contributed by atoms with E-state index in [9.17, 15) is 14.0 Å². The van der Waals surface area contributed by atoms with E-state index in [1.54, 1.807) is 24.1 Å². The largest absolute Gasteiger partial charge is 0.497 e. The average molecular weight is 507 g/mol. The highest BCUT2D eigenvalue weighted by Gasteiger charge is 2.30. The van der Waals surface area contributed by atoms with Crippen LogP contribution in [0.25, 0.3) is 0 Å². The predicted octanol–water partition coefficient (Wildman–Crippen LogP) is 5.16. The van der Waals surface area contributed by atoms with Crippen LogP contribution >= 0.6 is 0 Å². The van der Waals surface area contributed by atoms with Crippen molar-refractivity contribution >= 4 is 11.8 Å². The number of nitrogens with one attached hydrogen (secondary N) is 1. The van der Waals surface area contributed by atoms with E-state index in [0.717, 1.165) is 16.9 Å². The Kier molecular flexibility index (Phi) is 10.5. The maximum atomic E-state index is 13.5. The number of methoxy groups -OCH3 is 1. The molecule has 0 bridgehead atoms. The lowest BCUT2D eigenvalue weighted by atomic mass is 10.0.